The molecule has 1 N–H and O–H groups in total. The van der Waals surface area contributed by atoms with Crippen molar-refractivity contribution in [1.82, 2.24) is 0 Å². The van der Waals surface area contributed by atoms with E-state index in [1.165, 1.54) is 0 Å². The molecule has 0 saturated heterocycles. The zero-order valence-electron chi connectivity index (χ0n) is 8.85. The molecule has 0 saturated carbocycles. The number of carbonyl (C=O) groups is 1. The molecule has 0 aromatic heterocycles. The molecule has 0 aromatic rings. The quantitative estimate of drug-likeness (QED) is 0.407. The van der Waals surface area contributed by atoms with Crippen LogP contribution >= 0.6 is 0 Å². The van der Waals surface area contributed by atoms with Crippen molar-refractivity contribution in [2.75, 3.05) is 0 Å². The molecule has 13 heavy (non-hydrogen) atoms. The first kappa shape index (κ1) is 23.5. The smallest absolute Gasteiger partial charge is 1.00 e. The maximum Gasteiger partial charge on any atom is 2.00 e. The first-order valence-corrected chi connectivity index (χ1v) is 3.91. The van der Waals surface area contributed by atoms with Crippen LogP contribution in [0.2, 0.25) is 0 Å². The predicted molar refractivity (Wildman–Crippen MR) is 53.1 cm³/mol. The normalized spacial score (nSPS) is 10.0. The molecule has 76 valence electrons. The van der Waals surface area contributed by atoms with Gasteiger partial charge in [0.2, 0.25) is 0 Å². The maximum atomic E-state index is 10.3. The van der Waals surface area contributed by atoms with Gasteiger partial charge in [-0.15, -0.1) is 0 Å². The van der Waals surface area contributed by atoms with Crippen molar-refractivity contribution in [3.8, 4) is 0 Å². The van der Waals surface area contributed by atoms with Crippen LogP contribution in [0.5, 0.6) is 0 Å². The van der Waals surface area contributed by atoms with Gasteiger partial charge in [-0.3, -0.25) is 4.79 Å². The van der Waals surface area contributed by atoms with Crippen LogP contribution in [-0.4, -0.2) is 34.1 Å². The Hall–Kier alpha value is 0.716. The minimum Gasteiger partial charge on any atom is -1.00 e. The van der Waals surface area contributed by atoms with E-state index in [9.17, 15) is 4.79 Å². The topological polar surface area (TPSA) is 37.3 Å². The van der Waals surface area contributed by atoms with Crippen LogP contribution in [0.4, 0.5) is 0 Å². The van der Waals surface area contributed by atoms with Gasteiger partial charge < -0.3 is 29.5 Å². The summed E-state index contributed by atoms with van der Waals surface area (Å²) in [5, 5.41) is 8.48. The molecule has 0 rings (SSSR count). The summed E-state index contributed by atoms with van der Waals surface area (Å²) in [6, 6.07) is 0. The Kier molecular flexibility index (Phi) is 27.5. The van der Waals surface area contributed by atoms with Gasteiger partial charge in [-0.2, -0.15) is 0 Å². The van der Waals surface area contributed by atoms with Gasteiger partial charge in [0.15, 0.2) is 0 Å². The third kappa shape index (κ3) is 15.5. The molecule has 1 unspecified atom stereocenters. The average molecular weight is 263 g/mol. The Labute approximate surface area is 108 Å². The molecule has 4 heteroatoms. The van der Waals surface area contributed by atoms with E-state index in [1.54, 1.807) is 6.92 Å². The second-order valence-electron chi connectivity index (χ2n) is 2.74. The Bertz CT molecular complexity index is 110. The molecule has 0 radical (unpaired) electrons. The third-order valence-corrected chi connectivity index (χ3v) is 1.66. The van der Waals surface area contributed by atoms with Crippen LogP contribution in [0.3, 0.4) is 0 Å². The molecule has 0 aliphatic heterocycles. The van der Waals surface area contributed by atoms with Gasteiger partial charge in [0.1, 0.15) is 0 Å². The molecule has 1 atom stereocenters. The number of rotatable bonds is 5. The van der Waals surface area contributed by atoms with E-state index in [0.29, 0.717) is 0 Å². The maximum absolute atomic E-state index is 10.3. The molecule has 0 amide bonds. The van der Waals surface area contributed by atoms with E-state index < -0.39 is 5.97 Å². The van der Waals surface area contributed by atoms with Gasteiger partial charge in [0.05, 0.1) is 5.92 Å². The second kappa shape index (κ2) is 15.2. The Morgan fingerprint density at radius 2 is 1.85 bits per heavy atom. The monoisotopic (exact) mass is 262 g/mol. The van der Waals surface area contributed by atoms with Gasteiger partial charge in [0.25, 0.3) is 0 Å². The van der Waals surface area contributed by atoms with Gasteiger partial charge in [-0.1, -0.05) is 33.1 Å². The fourth-order valence-corrected chi connectivity index (χ4v) is 0.824. The second-order valence-corrected chi connectivity index (χ2v) is 2.74. The molecule has 0 fully saturated rings. The number of aliphatic carboxylic acids is 1. The summed E-state index contributed by atoms with van der Waals surface area (Å²) in [6.07, 6.45) is 4.18. The number of halogens is 1. The van der Waals surface area contributed by atoms with E-state index in [-0.39, 0.29) is 53.4 Å². The fourth-order valence-electron chi connectivity index (χ4n) is 0.824. The number of hydrogen-bond acceptors (Lipinski definition) is 1. The van der Waals surface area contributed by atoms with Gasteiger partial charge in [0, 0.05) is 0 Å². The molecule has 2 nitrogen and oxygen atoms in total. The van der Waals surface area contributed by atoms with Crippen molar-refractivity contribution in [2.45, 2.75) is 39.5 Å². The van der Waals surface area contributed by atoms with Crippen molar-refractivity contribution in [3.63, 3.8) is 0 Å². The van der Waals surface area contributed by atoms with Crippen LogP contribution in [0.15, 0.2) is 0 Å². The predicted octanol–water partition coefficient (Wildman–Crippen LogP) is -0.639. The van der Waals surface area contributed by atoms with E-state index in [1.807, 2.05) is 0 Å². The van der Waals surface area contributed by atoms with Crippen LogP contribution in [0.1, 0.15) is 39.5 Å². The van der Waals surface area contributed by atoms with Crippen LogP contribution in [0, 0.1) is 13.3 Å². The zero-order chi connectivity index (χ0) is 7.98. The molecule has 0 heterocycles. The van der Waals surface area contributed by atoms with E-state index in [4.69, 9.17) is 5.11 Å². The summed E-state index contributed by atoms with van der Waals surface area (Å²) in [6.45, 7) is 3.88. The minimum atomic E-state index is -0.670. The summed E-state index contributed by atoms with van der Waals surface area (Å²) >= 11 is 0. The number of carboxylic acid groups (broad SMARTS) is 1. The minimum absolute atomic E-state index is 0. The summed E-state index contributed by atoms with van der Waals surface area (Å²) in [5.74, 6) is -0.831. The molecule has 0 aliphatic rings. The Balaban J connectivity index is -0.000000135. The molecular weight excluding hydrogens is 244 g/mol. The SMILES string of the molecule is CCCCCC(C)C(=O)O.[Br-].[CH3-].[Mg+2]. The Morgan fingerprint density at radius 1 is 1.38 bits per heavy atom. The van der Waals surface area contributed by atoms with Crippen LogP contribution in [-0.2, 0) is 4.79 Å². The molecule has 0 aromatic carbocycles. The first-order chi connectivity index (χ1) is 4.68. The largest absolute Gasteiger partial charge is 2.00 e. The summed E-state index contributed by atoms with van der Waals surface area (Å²) < 4.78 is 0. The van der Waals surface area contributed by atoms with Crippen molar-refractivity contribution in [1.29, 1.82) is 0 Å². The molecule has 0 bridgehead atoms. The average Bonchev–Trinajstić information content (AvgIpc) is 1.88. The van der Waals surface area contributed by atoms with Gasteiger partial charge in [-0.05, 0) is 6.42 Å². The number of hydrogen-bond donors (Lipinski definition) is 1. The molecule has 0 aliphatic carbocycles. The van der Waals surface area contributed by atoms with Gasteiger partial charge in [-0.25, -0.2) is 0 Å². The molecular formula is C9H19BrMgO2. The Morgan fingerprint density at radius 3 is 2.15 bits per heavy atom. The van der Waals surface area contributed by atoms with E-state index in [2.05, 4.69) is 6.92 Å². The van der Waals surface area contributed by atoms with Crippen molar-refractivity contribution >= 4 is 29.0 Å². The zero-order valence-corrected chi connectivity index (χ0v) is 11.8. The third-order valence-electron chi connectivity index (χ3n) is 1.66. The summed E-state index contributed by atoms with van der Waals surface area (Å²) in [4.78, 5) is 10.3. The summed E-state index contributed by atoms with van der Waals surface area (Å²) in [7, 11) is 0. The van der Waals surface area contributed by atoms with Crippen LogP contribution < -0.4 is 17.0 Å². The summed E-state index contributed by atoms with van der Waals surface area (Å²) in [5.41, 5.74) is 0. The van der Waals surface area contributed by atoms with Crippen molar-refractivity contribution in [2.24, 2.45) is 5.92 Å². The van der Waals surface area contributed by atoms with Gasteiger partial charge >= 0.3 is 29.0 Å². The van der Waals surface area contributed by atoms with Crippen molar-refractivity contribution < 1.29 is 26.9 Å². The van der Waals surface area contributed by atoms with Crippen molar-refractivity contribution in [3.05, 3.63) is 7.43 Å². The van der Waals surface area contributed by atoms with E-state index in [0.717, 1.165) is 25.7 Å². The number of unbranched alkanes of at least 4 members (excludes halogenated alkanes) is 2. The standard InChI is InChI=1S/C8H16O2.CH3.BrH.Mg/c1-3-4-5-6-7(2)8(9)10;;;/h7H,3-6H2,1-2H3,(H,9,10);1H3;1H;/q;-1;;+2/p-1. The number of carboxylic acids is 1. The van der Waals surface area contributed by atoms with E-state index >= 15 is 0 Å². The molecule has 0 spiro atoms. The first-order valence-electron chi connectivity index (χ1n) is 3.91. The van der Waals surface area contributed by atoms with Crippen LogP contribution in [0.25, 0.3) is 0 Å². The fraction of sp³-hybridized carbons (Fsp3) is 0.778.